The van der Waals surface area contributed by atoms with E-state index in [1.54, 1.807) is 0 Å². The summed E-state index contributed by atoms with van der Waals surface area (Å²) in [4.78, 5) is 0. The Morgan fingerprint density at radius 2 is 1.24 bits per heavy atom. The second kappa shape index (κ2) is 12.8. The van der Waals surface area contributed by atoms with Crippen LogP contribution in [0.2, 0.25) is 0 Å². The number of unbranched alkanes of at least 4 members (excludes halogenated alkanes) is 2. The maximum atomic E-state index is 15.1. The standard InChI is InChI=1S/C32H44F2/c1-2-3-6-24-10-14-28(15-11-24)30-20-21-31(32(34)23-30)29-18-16-27(17-19-29)26-12-8-25(9-13-26)7-4-5-22-33/h16-21,23-26,28H,2-15,22H2,1H3. The molecule has 0 heterocycles. The molecule has 2 aromatic carbocycles. The van der Waals surface area contributed by atoms with Crippen LogP contribution in [0, 0.1) is 17.7 Å². The summed E-state index contributed by atoms with van der Waals surface area (Å²) in [7, 11) is 0. The predicted molar refractivity (Wildman–Crippen MR) is 141 cm³/mol. The lowest BCUT2D eigenvalue weighted by Gasteiger charge is -2.29. The number of halogens is 2. The average molecular weight is 467 g/mol. The van der Waals surface area contributed by atoms with Crippen molar-refractivity contribution in [3.63, 3.8) is 0 Å². The monoisotopic (exact) mass is 466 g/mol. The second-order valence-corrected chi connectivity index (χ2v) is 11.1. The zero-order chi connectivity index (χ0) is 23.8. The molecule has 0 atom stereocenters. The first-order valence-corrected chi connectivity index (χ1v) is 14.1. The predicted octanol–water partition coefficient (Wildman–Crippen LogP) is 10.4. The Morgan fingerprint density at radius 3 is 1.79 bits per heavy atom. The minimum atomic E-state index is -0.175. The molecule has 0 nitrogen and oxygen atoms in total. The summed E-state index contributed by atoms with van der Waals surface area (Å²) in [5, 5.41) is 0. The van der Waals surface area contributed by atoms with Crippen molar-refractivity contribution in [2.45, 2.75) is 109 Å². The van der Waals surface area contributed by atoms with Gasteiger partial charge in [-0.05, 0) is 104 Å². The molecule has 0 bridgehead atoms. The van der Waals surface area contributed by atoms with E-state index >= 15 is 4.39 Å². The van der Waals surface area contributed by atoms with E-state index < -0.39 is 0 Å². The molecule has 2 fully saturated rings. The minimum absolute atomic E-state index is 0.0767. The number of hydrogen-bond acceptors (Lipinski definition) is 0. The third-order valence-electron chi connectivity index (χ3n) is 8.81. The molecular weight excluding hydrogens is 422 g/mol. The highest BCUT2D eigenvalue weighted by Gasteiger charge is 2.24. The number of alkyl halides is 1. The smallest absolute Gasteiger partial charge is 0.131 e. The molecule has 2 aromatic rings. The van der Waals surface area contributed by atoms with E-state index in [2.05, 4.69) is 37.3 Å². The van der Waals surface area contributed by atoms with Crippen LogP contribution in [-0.2, 0) is 0 Å². The lowest BCUT2D eigenvalue weighted by molar-refractivity contribution is 0.298. The Kier molecular flexibility index (Phi) is 9.59. The molecular formula is C32H44F2. The summed E-state index contributed by atoms with van der Waals surface area (Å²) in [5.74, 6) is 2.73. The molecule has 186 valence electrons. The van der Waals surface area contributed by atoms with Crippen LogP contribution in [0.5, 0.6) is 0 Å². The molecule has 0 radical (unpaired) electrons. The fourth-order valence-electron chi connectivity index (χ4n) is 6.54. The van der Waals surface area contributed by atoms with Crippen LogP contribution < -0.4 is 0 Å². The van der Waals surface area contributed by atoms with Crippen molar-refractivity contribution in [1.29, 1.82) is 0 Å². The van der Waals surface area contributed by atoms with Gasteiger partial charge >= 0.3 is 0 Å². The second-order valence-electron chi connectivity index (χ2n) is 11.1. The summed E-state index contributed by atoms with van der Waals surface area (Å²) >= 11 is 0. The maximum Gasteiger partial charge on any atom is 0.131 e. The van der Waals surface area contributed by atoms with Gasteiger partial charge in [-0.3, -0.25) is 4.39 Å². The van der Waals surface area contributed by atoms with Gasteiger partial charge in [-0.1, -0.05) is 75.4 Å². The molecule has 2 aliphatic rings. The summed E-state index contributed by atoms with van der Waals surface area (Å²) in [5.41, 5.74) is 4.29. The average Bonchev–Trinajstić information content (AvgIpc) is 2.88. The lowest BCUT2D eigenvalue weighted by atomic mass is 9.76. The van der Waals surface area contributed by atoms with Crippen molar-refractivity contribution in [1.82, 2.24) is 0 Å². The number of benzene rings is 2. The molecule has 0 unspecified atom stereocenters. The van der Waals surface area contributed by atoms with Gasteiger partial charge in [0.2, 0.25) is 0 Å². The Morgan fingerprint density at radius 1 is 0.676 bits per heavy atom. The van der Waals surface area contributed by atoms with Crippen LogP contribution in [0.3, 0.4) is 0 Å². The van der Waals surface area contributed by atoms with E-state index in [4.69, 9.17) is 0 Å². The molecule has 0 amide bonds. The van der Waals surface area contributed by atoms with E-state index in [1.807, 2.05) is 12.1 Å². The zero-order valence-corrected chi connectivity index (χ0v) is 21.2. The first-order valence-electron chi connectivity index (χ1n) is 14.1. The van der Waals surface area contributed by atoms with Crippen molar-refractivity contribution in [2.24, 2.45) is 11.8 Å². The van der Waals surface area contributed by atoms with Gasteiger partial charge in [-0.25, -0.2) is 4.39 Å². The van der Waals surface area contributed by atoms with E-state index in [1.165, 1.54) is 88.2 Å². The lowest BCUT2D eigenvalue weighted by Crippen LogP contribution is -2.13. The van der Waals surface area contributed by atoms with E-state index in [0.717, 1.165) is 35.8 Å². The molecule has 0 saturated heterocycles. The molecule has 0 aliphatic heterocycles. The van der Waals surface area contributed by atoms with Crippen LogP contribution in [0.25, 0.3) is 11.1 Å². The topological polar surface area (TPSA) is 0 Å². The summed E-state index contributed by atoms with van der Waals surface area (Å²) in [6.07, 6.45) is 16.9. The Hall–Kier alpha value is -1.70. The summed E-state index contributed by atoms with van der Waals surface area (Å²) in [6.45, 7) is 2.10. The fraction of sp³-hybridized carbons (Fsp3) is 0.625. The Labute approximate surface area is 206 Å². The molecule has 2 heteroatoms. The van der Waals surface area contributed by atoms with Gasteiger partial charge in [0.05, 0.1) is 6.67 Å². The van der Waals surface area contributed by atoms with E-state index in [9.17, 15) is 4.39 Å². The minimum Gasteiger partial charge on any atom is -0.251 e. The number of rotatable bonds is 10. The van der Waals surface area contributed by atoms with Gasteiger partial charge in [-0.15, -0.1) is 0 Å². The van der Waals surface area contributed by atoms with Gasteiger partial charge in [0, 0.05) is 5.56 Å². The molecule has 4 rings (SSSR count). The van der Waals surface area contributed by atoms with E-state index in [0.29, 0.717) is 11.8 Å². The highest BCUT2D eigenvalue weighted by molar-refractivity contribution is 5.65. The first-order chi connectivity index (χ1) is 16.7. The van der Waals surface area contributed by atoms with Crippen molar-refractivity contribution < 1.29 is 8.78 Å². The van der Waals surface area contributed by atoms with Gasteiger partial charge in [0.1, 0.15) is 5.82 Å². The highest BCUT2D eigenvalue weighted by atomic mass is 19.1. The Bertz CT molecular complexity index is 855. The SMILES string of the molecule is CCCCC1CCC(c2ccc(-c3ccc(C4CCC(CCCCF)CC4)cc3)c(F)c2)CC1. The van der Waals surface area contributed by atoms with Gasteiger partial charge in [-0.2, -0.15) is 0 Å². The maximum absolute atomic E-state index is 15.1. The van der Waals surface area contributed by atoms with Crippen molar-refractivity contribution in [2.75, 3.05) is 6.67 Å². The van der Waals surface area contributed by atoms with Crippen LogP contribution in [-0.4, -0.2) is 6.67 Å². The van der Waals surface area contributed by atoms with Crippen LogP contribution in [0.4, 0.5) is 8.78 Å². The normalized spacial score (nSPS) is 25.4. The van der Waals surface area contributed by atoms with Gasteiger partial charge in [0.15, 0.2) is 0 Å². The molecule has 34 heavy (non-hydrogen) atoms. The summed E-state index contributed by atoms with van der Waals surface area (Å²) in [6, 6.07) is 14.6. The van der Waals surface area contributed by atoms with Crippen molar-refractivity contribution in [3.8, 4) is 11.1 Å². The zero-order valence-electron chi connectivity index (χ0n) is 21.2. The third-order valence-corrected chi connectivity index (χ3v) is 8.81. The van der Waals surface area contributed by atoms with E-state index in [-0.39, 0.29) is 12.5 Å². The van der Waals surface area contributed by atoms with Gasteiger partial charge in [0.25, 0.3) is 0 Å². The largest absolute Gasteiger partial charge is 0.251 e. The molecule has 0 N–H and O–H groups in total. The van der Waals surface area contributed by atoms with Crippen molar-refractivity contribution >= 4 is 0 Å². The highest BCUT2D eigenvalue weighted by Crippen LogP contribution is 2.40. The molecule has 2 saturated carbocycles. The number of hydrogen-bond donors (Lipinski definition) is 0. The quantitative estimate of drug-likeness (QED) is 0.305. The fourth-order valence-corrected chi connectivity index (χ4v) is 6.54. The molecule has 0 aromatic heterocycles. The van der Waals surface area contributed by atoms with Gasteiger partial charge < -0.3 is 0 Å². The van der Waals surface area contributed by atoms with Crippen molar-refractivity contribution in [3.05, 3.63) is 59.4 Å². The molecule has 2 aliphatic carbocycles. The Balaban J connectivity index is 1.32. The summed E-state index contributed by atoms with van der Waals surface area (Å²) < 4.78 is 27.5. The van der Waals surface area contributed by atoms with Crippen LogP contribution in [0.1, 0.15) is 120 Å². The van der Waals surface area contributed by atoms with Crippen LogP contribution in [0.15, 0.2) is 42.5 Å². The van der Waals surface area contributed by atoms with Crippen LogP contribution >= 0.6 is 0 Å². The third kappa shape index (κ3) is 6.70. The first kappa shape index (κ1) is 25.4. The molecule has 0 spiro atoms.